The second kappa shape index (κ2) is 3.33. The molecule has 3 N–H and O–H groups in total. The normalized spacial score (nSPS) is 11.0. The Bertz CT molecular complexity index is 450. The summed E-state index contributed by atoms with van der Waals surface area (Å²) in [7, 11) is 0. The molecule has 0 atom stereocenters. The first-order valence-corrected chi connectivity index (χ1v) is 5.05. The molecule has 2 aromatic rings. The van der Waals surface area contributed by atoms with Gasteiger partial charge in [-0.25, -0.2) is 0 Å². The molecule has 0 radical (unpaired) electrons. The van der Waals surface area contributed by atoms with E-state index in [1.165, 1.54) is 0 Å². The number of benzene rings is 1. The van der Waals surface area contributed by atoms with E-state index < -0.39 is 0 Å². The summed E-state index contributed by atoms with van der Waals surface area (Å²) in [4.78, 5) is 3.07. The summed E-state index contributed by atoms with van der Waals surface area (Å²) in [6.45, 7) is 0.454. The van der Waals surface area contributed by atoms with Crippen molar-refractivity contribution in [3.05, 3.63) is 33.4 Å². The zero-order chi connectivity index (χ0) is 9.42. The van der Waals surface area contributed by atoms with E-state index >= 15 is 0 Å². The first-order chi connectivity index (χ1) is 6.22. The van der Waals surface area contributed by atoms with Crippen LogP contribution in [-0.2, 0) is 6.54 Å². The molecule has 4 heteroatoms. The fourth-order valence-corrected chi connectivity index (χ4v) is 2.03. The quantitative estimate of drug-likeness (QED) is 0.812. The first-order valence-electron chi connectivity index (χ1n) is 3.88. The number of rotatable bonds is 1. The van der Waals surface area contributed by atoms with Crippen molar-refractivity contribution in [2.75, 3.05) is 0 Å². The molecule has 0 aliphatic carbocycles. The molecule has 0 aliphatic heterocycles. The predicted molar refractivity (Wildman–Crippen MR) is 58.9 cm³/mol. The Hall–Kier alpha value is -0.510. The Morgan fingerprint density at radius 2 is 2.23 bits per heavy atom. The number of nitrogens with one attached hydrogen (secondary N) is 1. The van der Waals surface area contributed by atoms with Gasteiger partial charge in [0.25, 0.3) is 0 Å². The Morgan fingerprint density at radius 3 is 2.92 bits per heavy atom. The minimum atomic E-state index is 0.454. The van der Waals surface area contributed by atoms with E-state index in [1.54, 1.807) is 0 Å². The Labute approximate surface area is 89.2 Å². The van der Waals surface area contributed by atoms with Crippen molar-refractivity contribution in [3.8, 4) is 0 Å². The molecule has 13 heavy (non-hydrogen) atoms. The van der Waals surface area contributed by atoms with Crippen LogP contribution >= 0.6 is 27.5 Å². The van der Waals surface area contributed by atoms with Crippen LogP contribution in [0, 0.1) is 0 Å². The van der Waals surface area contributed by atoms with Crippen LogP contribution in [0.4, 0.5) is 0 Å². The SMILES string of the molecule is NCc1c(Cl)[nH]c2ccc(Br)cc12. The Kier molecular flexibility index (Phi) is 2.32. The fourth-order valence-electron chi connectivity index (χ4n) is 1.39. The maximum Gasteiger partial charge on any atom is 0.111 e. The molecule has 0 saturated heterocycles. The topological polar surface area (TPSA) is 41.8 Å². The molecule has 0 spiro atoms. The van der Waals surface area contributed by atoms with Gasteiger partial charge in [0, 0.05) is 27.5 Å². The fraction of sp³-hybridized carbons (Fsp3) is 0.111. The summed E-state index contributed by atoms with van der Waals surface area (Å²) in [6.07, 6.45) is 0. The Balaban J connectivity index is 2.80. The van der Waals surface area contributed by atoms with Crippen molar-refractivity contribution < 1.29 is 0 Å². The van der Waals surface area contributed by atoms with Gasteiger partial charge in [0.1, 0.15) is 5.15 Å². The highest BCUT2D eigenvalue weighted by Gasteiger charge is 2.07. The summed E-state index contributed by atoms with van der Waals surface area (Å²) in [5.41, 5.74) is 7.58. The third kappa shape index (κ3) is 1.47. The van der Waals surface area contributed by atoms with E-state index in [2.05, 4.69) is 20.9 Å². The van der Waals surface area contributed by atoms with Crippen LogP contribution in [0.3, 0.4) is 0 Å². The average molecular weight is 260 g/mol. The summed E-state index contributed by atoms with van der Waals surface area (Å²) < 4.78 is 1.03. The maximum absolute atomic E-state index is 5.97. The van der Waals surface area contributed by atoms with Crippen LogP contribution in [0.1, 0.15) is 5.56 Å². The maximum atomic E-state index is 5.97. The minimum absolute atomic E-state index is 0.454. The van der Waals surface area contributed by atoms with Gasteiger partial charge in [-0.3, -0.25) is 0 Å². The summed E-state index contributed by atoms with van der Waals surface area (Å²) in [6, 6.07) is 5.96. The van der Waals surface area contributed by atoms with Crippen LogP contribution in [0.15, 0.2) is 22.7 Å². The molecule has 0 fully saturated rings. The molecule has 0 aliphatic rings. The second-order valence-electron chi connectivity index (χ2n) is 2.81. The zero-order valence-corrected chi connectivity index (χ0v) is 9.11. The van der Waals surface area contributed by atoms with E-state index in [-0.39, 0.29) is 0 Å². The first kappa shape index (κ1) is 9.06. The monoisotopic (exact) mass is 258 g/mol. The average Bonchev–Trinajstić information content (AvgIpc) is 2.40. The molecule has 0 saturated carbocycles. The number of hydrogen-bond acceptors (Lipinski definition) is 1. The predicted octanol–water partition coefficient (Wildman–Crippen LogP) is 3.04. The summed E-state index contributed by atoms with van der Waals surface area (Å²) in [5, 5.41) is 1.72. The number of fused-ring (bicyclic) bond motifs is 1. The lowest BCUT2D eigenvalue weighted by atomic mass is 10.2. The largest absolute Gasteiger partial charge is 0.345 e. The van der Waals surface area contributed by atoms with Crippen molar-refractivity contribution in [1.82, 2.24) is 4.98 Å². The summed E-state index contributed by atoms with van der Waals surface area (Å²) in [5.74, 6) is 0. The standard InChI is InChI=1S/C9H8BrClN2/c10-5-1-2-8-6(3-5)7(4-12)9(11)13-8/h1-3,13H,4,12H2. The molecular weight excluding hydrogens is 251 g/mol. The van der Waals surface area contributed by atoms with Crippen LogP contribution in [0.2, 0.25) is 5.15 Å². The minimum Gasteiger partial charge on any atom is -0.345 e. The van der Waals surface area contributed by atoms with E-state index in [0.717, 1.165) is 20.9 Å². The van der Waals surface area contributed by atoms with Gasteiger partial charge in [0.15, 0.2) is 0 Å². The van der Waals surface area contributed by atoms with Crippen LogP contribution < -0.4 is 5.73 Å². The Morgan fingerprint density at radius 1 is 1.46 bits per heavy atom. The lowest BCUT2D eigenvalue weighted by Gasteiger charge is -1.94. The molecular formula is C9H8BrClN2. The van der Waals surface area contributed by atoms with Crippen molar-refractivity contribution >= 4 is 38.4 Å². The molecule has 0 amide bonds. The second-order valence-corrected chi connectivity index (χ2v) is 4.11. The molecule has 2 rings (SSSR count). The van der Waals surface area contributed by atoms with Gasteiger partial charge in [-0.1, -0.05) is 27.5 Å². The molecule has 1 heterocycles. The van der Waals surface area contributed by atoms with Crippen LogP contribution in [0.25, 0.3) is 10.9 Å². The number of hydrogen-bond donors (Lipinski definition) is 2. The van der Waals surface area contributed by atoms with Gasteiger partial charge in [-0.2, -0.15) is 0 Å². The molecule has 0 unspecified atom stereocenters. The zero-order valence-electron chi connectivity index (χ0n) is 6.77. The smallest absolute Gasteiger partial charge is 0.111 e. The van der Waals surface area contributed by atoms with E-state index in [1.807, 2.05) is 18.2 Å². The van der Waals surface area contributed by atoms with Crippen molar-refractivity contribution in [3.63, 3.8) is 0 Å². The number of aromatic nitrogens is 1. The van der Waals surface area contributed by atoms with Crippen molar-refractivity contribution in [1.29, 1.82) is 0 Å². The molecule has 1 aromatic carbocycles. The van der Waals surface area contributed by atoms with Gasteiger partial charge in [0.2, 0.25) is 0 Å². The highest BCUT2D eigenvalue weighted by Crippen LogP contribution is 2.27. The van der Waals surface area contributed by atoms with Crippen LogP contribution in [-0.4, -0.2) is 4.98 Å². The highest BCUT2D eigenvalue weighted by molar-refractivity contribution is 9.10. The molecule has 0 bridgehead atoms. The number of nitrogens with two attached hydrogens (primary N) is 1. The molecule has 1 aromatic heterocycles. The van der Waals surface area contributed by atoms with Crippen molar-refractivity contribution in [2.24, 2.45) is 5.73 Å². The molecule has 68 valence electrons. The lowest BCUT2D eigenvalue weighted by Crippen LogP contribution is -1.95. The van der Waals surface area contributed by atoms with Crippen LogP contribution in [0.5, 0.6) is 0 Å². The van der Waals surface area contributed by atoms with E-state index in [4.69, 9.17) is 17.3 Å². The van der Waals surface area contributed by atoms with Gasteiger partial charge < -0.3 is 10.7 Å². The van der Waals surface area contributed by atoms with Gasteiger partial charge in [-0.15, -0.1) is 0 Å². The lowest BCUT2D eigenvalue weighted by molar-refractivity contribution is 1.08. The number of aromatic amines is 1. The number of H-pyrrole nitrogens is 1. The third-order valence-corrected chi connectivity index (χ3v) is 2.84. The van der Waals surface area contributed by atoms with Gasteiger partial charge in [-0.05, 0) is 18.2 Å². The van der Waals surface area contributed by atoms with Gasteiger partial charge >= 0.3 is 0 Å². The third-order valence-electron chi connectivity index (χ3n) is 2.02. The van der Waals surface area contributed by atoms with E-state index in [0.29, 0.717) is 11.7 Å². The highest BCUT2D eigenvalue weighted by atomic mass is 79.9. The summed E-state index contributed by atoms with van der Waals surface area (Å²) >= 11 is 9.38. The molecule has 2 nitrogen and oxygen atoms in total. The number of halogens is 2. The van der Waals surface area contributed by atoms with Crippen molar-refractivity contribution in [2.45, 2.75) is 6.54 Å². The van der Waals surface area contributed by atoms with E-state index in [9.17, 15) is 0 Å². The van der Waals surface area contributed by atoms with Gasteiger partial charge in [0.05, 0.1) is 0 Å².